The molecule has 22 heavy (non-hydrogen) atoms. The van der Waals surface area contributed by atoms with E-state index in [4.69, 9.17) is 4.98 Å². The van der Waals surface area contributed by atoms with Crippen LogP contribution >= 0.6 is 0 Å². The number of hydrogen-bond donors (Lipinski definition) is 1. The standard InChI is InChI=1S/C18H24N2O2/c1-3-12(2)20-16-10-9-14(18(21)22)11-15(16)19-17(20)13-7-5-4-6-8-13/h9-13H,3-8H2,1-2H3,(H,21,22). The van der Waals surface area contributed by atoms with Gasteiger partial charge in [0.05, 0.1) is 16.6 Å². The van der Waals surface area contributed by atoms with Crippen LogP contribution < -0.4 is 0 Å². The Hall–Kier alpha value is -1.84. The molecule has 1 aromatic carbocycles. The van der Waals surface area contributed by atoms with Gasteiger partial charge in [-0.25, -0.2) is 9.78 Å². The lowest BCUT2D eigenvalue weighted by Gasteiger charge is -2.24. The maximum absolute atomic E-state index is 11.2. The largest absolute Gasteiger partial charge is 0.478 e. The molecule has 118 valence electrons. The molecule has 1 heterocycles. The van der Waals surface area contributed by atoms with Crippen molar-refractivity contribution < 1.29 is 9.90 Å². The smallest absolute Gasteiger partial charge is 0.335 e. The van der Waals surface area contributed by atoms with E-state index in [0.29, 0.717) is 17.5 Å². The van der Waals surface area contributed by atoms with Crippen LogP contribution in [-0.4, -0.2) is 20.6 Å². The number of rotatable bonds is 4. The molecule has 0 saturated heterocycles. The molecule has 0 spiro atoms. The summed E-state index contributed by atoms with van der Waals surface area (Å²) in [6, 6.07) is 5.71. The van der Waals surface area contributed by atoms with Crippen molar-refractivity contribution in [1.29, 1.82) is 0 Å². The third-order valence-electron chi connectivity index (χ3n) is 4.97. The fourth-order valence-electron chi connectivity index (χ4n) is 3.54. The normalized spacial score (nSPS) is 17.7. The molecule has 1 aliphatic rings. The number of benzene rings is 1. The lowest BCUT2D eigenvalue weighted by Crippen LogP contribution is -2.14. The molecule has 1 unspecified atom stereocenters. The molecular weight excluding hydrogens is 276 g/mol. The van der Waals surface area contributed by atoms with Gasteiger partial charge in [-0.3, -0.25) is 0 Å². The molecule has 0 bridgehead atoms. The fourth-order valence-corrected chi connectivity index (χ4v) is 3.54. The molecule has 1 N–H and O–H groups in total. The van der Waals surface area contributed by atoms with Crippen LogP contribution in [0.3, 0.4) is 0 Å². The topological polar surface area (TPSA) is 55.1 Å². The quantitative estimate of drug-likeness (QED) is 0.886. The summed E-state index contributed by atoms with van der Waals surface area (Å²) < 4.78 is 2.34. The van der Waals surface area contributed by atoms with E-state index in [0.717, 1.165) is 23.3 Å². The van der Waals surface area contributed by atoms with E-state index in [-0.39, 0.29) is 0 Å². The Bertz CT molecular complexity index is 684. The first-order valence-corrected chi connectivity index (χ1v) is 8.37. The minimum absolute atomic E-state index is 0.316. The summed E-state index contributed by atoms with van der Waals surface area (Å²) in [6.07, 6.45) is 7.32. The molecule has 0 amide bonds. The zero-order valence-electron chi connectivity index (χ0n) is 13.4. The van der Waals surface area contributed by atoms with E-state index in [9.17, 15) is 9.90 Å². The molecule has 3 rings (SSSR count). The average Bonchev–Trinajstić information content (AvgIpc) is 2.93. The second kappa shape index (κ2) is 6.11. The van der Waals surface area contributed by atoms with Crippen LogP contribution in [0.5, 0.6) is 0 Å². The first-order chi connectivity index (χ1) is 10.6. The molecule has 1 atom stereocenters. The maximum atomic E-state index is 11.2. The minimum atomic E-state index is -0.890. The molecule has 1 saturated carbocycles. The van der Waals surface area contributed by atoms with Gasteiger partial charge in [-0.15, -0.1) is 0 Å². The molecule has 0 aliphatic heterocycles. The van der Waals surface area contributed by atoms with Crippen molar-refractivity contribution in [2.45, 2.75) is 64.3 Å². The summed E-state index contributed by atoms with van der Waals surface area (Å²) in [5.74, 6) is 0.786. The van der Waals surface area contributed by atoms with Gasteiger partial charge < -0.3 is 9.67 Å². The second-order valence-electron chi connectivity index (χ2n) is 6.44. The summed E-state index contributed by atoms with van der Waals surface area (Å²) in [6.45, 7) is 4.41. The van der Waals surface area contributed by atoms with Crippen molar-refractivity contribution in [2.75, 3.05) is 0 Å². The number of hydrogen-bond acceptors (Lipinski definition) is 2. The lowest BCUT2D eigenvalue weighted by atomic mass is 9.88. The van der Waals surface area contributed by atoms with Gasteiger partial charge in [-0.1, -0.05) is 26.2 Å². The molecule has 4 heteroatoms. The number of aromatic nitrogens is 2. The van der Waals surface area contributed by atoms with Crippen LogP contribution in [0.1, 0.15) is 80.5 Å². The van der Waals surface area contributed by atoms with E-state index in [1.807, 2.05) is 6.07 Å². The van der Waals surface area contributed by atoms with Gasteiger partial charge in [0, 0.05) is 12.0 Å². The van der Waals surface area contributed by atoms with Crippen LogP contribution in [0.2, 0.25) is 0 Å². The second-order valence-corrected chi connectivity index (χ2v) is 6.44. The maximum Gasteiger partial charge on any atom is 0.335 e. The van der Waals surface area contributed by atoms with Crippen molar-refractivity contribution in [3.63, 3.8) is 0 Å². The highest BCUT2D eigenvalue weighted by Crippen LogP contribution is 2.36. The Morgan fingerprint density at radius 1 is 1.36 bits per heavy atom. The molecule has 1 fully saturated rings. The van der Waals surface area contributed by atoms with Crippen LogP contribution in [0.25, 0.3) is 11.0 Å². The predicted molar refractivity (Wildman–Crippen MR) is 87.5 cm³/mol. The molecule has 4 nitrogen and oxygen atoms in total. The first-order valence-electron chi connectivity index (χ1n) is 8.37. The summed E-state index contributed by atoms with van der Waals surface area (Å²) >= 11 is 0. The highest BCUT2D eigenvalue weighted by molar-refractivity contribution is 5.92. The average molecular weight is 300 g/mol. The summed E-state index contributed by atoms with van der Waals surface area (Å²) in [7, 11) is 0. The highest BCUT2D eigenvalue weighted by Gasteiger charge is 2.24. The fraction of sp³-hybridized carbons (Fsp3) is 0.556. The number of carbonyl (C=O) groups is 1. The molecule has 1 aliphatic carbocycles. The summed E-state index contributed by atoms with van der Waals surface area (Å²) in [5.41, 5.74) is 2.21. The Morgan fingerprint density at radius 2 is 2.09 bits per heavy atom. The van der Waals surface area contributed by atoms with Crippen LogP contribution in [0.4, 0.5) is 0 Å². The zero-order valence-corrected chi connectivity index (χ0v) is 13.4. The Balaban J connectivity index is 2.13. The molecular formula is C18H24N2O2. The Kier molecular flexibility index (Phi) is 4.19. The van der Waals surface area contributed by atoms with Crippen LogP contribution in [0, 0.1) is 0 Å². The van der Waals surface area contributed by atoms with E-state index in [1.54, 1.807) is 12.1 Å². The predicted octanol–water partition coefficient (Wildman–Crippen LogP) is 4.75. The Morgan fingerprint density at radius 3 is 2.73 bits per heavy atom. The van der Waals surface area contributed by atoms with Gasteiger partial charge in [-0.05, 0) is 44.4 Å². The summed E-state index contributed by atoms with van der Waals surface area (Å²) in [5, 5.41) is 9.19. The summed E-state index contributed by atoms with van der Waals surface area (Å²) in [4.78, 5) is 16.0. The molecule has 2 aromatic rings. The van der Waals surface area contributed by atoms with Crippen molar-refractivity contribution in [2.24, 2.45) is 0 Å². The number of nitrogens with zero attached hydrogens (tertiary/aromatic N) is 2. The lowest BCUT2D eigenvalue weighted by molar-refractivity contribution is 0.0697. The number of imidazole rings is 1. The van der Waals surface area contributed by atoms with Gasteiger partial charge in [0.1, 0.15) is 5.82 Å². The van der Waals surface area contributed by atoms with Gasteiger partial charge in [-0.2, -0.15) is 0 Å². The molecule has 1 aromatic heterocycles. The number of carboxylic acids is 1. The van der Waals surface area contributed by atoms with Crippen LogP contribution in [0.15, 0.2) is 18.2 Å². The van der Waals surface area contributed by atoms with E-state index < -0.39 is 5.97 Å². The number of fused-ring (bicyclic) bond motifs is 1. The van der Waals surface area contributed by atoms with Crippen molar-refractivity contribution in [3.8, 4) is 0 Å². The SMILES string of the molecule is CCC(C)n1c(C2CCCCC2)nc2cc(C(=O)O)ccc21. The minimum Gasteiger partial charge on any atom is -0.478 e. The van der Waals surface area contributed by atoms with Gasteiger partial charge in [0.25, 0.3) is 0 Å². The zero-order chi connectivity index (χ0) is 15.7. The van der Waals surface area contributed by atoms with Gasteiger partial charge in [0.2, 0.25) is 0 Å². The third-order valence-corrected chi connectivity index (χ3v) is 4.97. The monoisotopic (exact) mass is 300 g/mol. The number of aromatic carboxylic acids is 1. The Labute approximate surface area is 131 Å². The number of carboxylic acid groups (broad SMARTS) is 1. The van der Waals surface area contributed by atoms with Gasteiger partial charge >= 0.3 is 5.97 Å². The van der Waals surface area contributed by atoms with Crippen molar-refractivity contribution >= 4 is 17.0 Å². The highest BCUT2D eigenvalue weighted by atomic mass is 16.4. The third kappa shape index (κ3) is 2.62. The molecule has 0 radical (unpaired) electrons. The van der Waals surface area contributed by atoms with E-state index >= 15 is 0 Å². The van der Waals surface area contributed by atoms with Gasteiger partial charge in [0.15, 0.2) is 0 Å². The van der Waals surface area contributed by atoms with Crippen molar-refractivity contribution in [3.05, 3.63) is 29.6 Å². The van der Waals surface area contributed by atoms with Crippen molar-refractivity contribution in [1.82, 2.24) is 9.55 Å². The first kappa shape index (κ1) is 15.1. The van der Waals surface area contributed by atoms with E-state index in [1.165, 1.54) is 32.1 Å². The van der Waals surface area contributed by atoms with E-state index in [2.05, 4.69) is 18.4 Å². The van der Waals surface area contributed by atoms with Crippen LogP contribution in [-0.2, 0) is 0 Å².